The third kappa shape index (κ3) is 1.84. The fraction of sp³-hybridized carbons (Fsp3) is 0.545. The van der Waals surface area contributed by atoms with Crippen LogP contribution in [0.25, 0.3) is 0 Å². The monoisotopic (exact) mass is 206 g/mol. The predicted molar refractivity (Wildman–Crippen MR) is 55.9 cm³/mol. The van der Waals surface area contributed by atoms with Gasteiger partial charge < -0.3 is 0 Å². The molecule has 0 saturated carbocycles. The average molecular weight is 206 g/mol. The number of nitrogens with zero attached hydrogens (tertiary/aromatic N) is 2. The normalized spacial score (nSPS) is 15.5. The number of carbonyl (C=O) groups excluding carboxylic acids is 1. The molecular weight excluding hydrogens is 192 g/mol. The van der Waals surface area contributed by atoms with Crippen LogP contribution in [0.1, 0.15) is 37.7 Å². The lowest BCUT2D eigenvalue weighted by atomic mass is 10.1. The molecule has 4 heteroatoms. The Hall–Kier alpha value is -1.45. The summed E-state index contributed by atoms with van der Waals surface area (Å²) in [6.07, 6.45) is 0.755. The van der Waals surface area contributed by atoms with Gasteiger partial charge in [0.05, 0.1) is 12.1 Å². The van der Waals surface area contributed by atoms with Gasteiger partial charge in [0.1, 0.15) is 11.6 Å². The molecule has 2 heterocycles. The van der Waals surface area contributed by atoms with Crippen LogP contribution in [0.15, 0.2) is 10.9 Å². The van der Waals surface area contributed by atoms with E-state index in [-0.39, 0.29) is 17.3 Å². The first-order chi connectivity index (χ1) is 7.08. The molecule has 4 nitrogen and oxygen atoms in total. The van der Waals surface area contributed by atoms with Gasteiger partial charge >= 0.3 is 0 Å². The largest absolute Gasteiger partial charge is 0.299 e. The molecule has 0 amide bonds. The minimum absolute atomic E-state index is 0.0313. The Morgan fingerprint density at radius 1 is 1.40 bits per heavy atom. The summed E-state index contributed by atoms with van der Waals surface area (Å²) in [6.45, 7) is 4.46. The molecule has 15 heavy (non-hydrogen) atoms. The maximum absolute atomic E-state index is 11.7. The van der Waals surface area contributed by atoms with Crippen molar-refractivity contribution in [1.82, 2.24) is 9.55 Å². The van der Waals surface area contributed by atoms with Crippen molar-refractivity contribution in [2.75, 3.05) is 0 Å². The molecule has 0 aliphatic carbocycles. The maximum atomic E-state index is 11.7. The Morgan fingerprint density at radius 2 is 2.13 bits per heavy atom. The minimum Gasteiger partial charge on any atom is -0.299 e. The van der Waals surface area contributed by atoms with Gasteiger partial charge in [-0.3, -0.25) is 14.2 Å². The topological polar surface area (TPSA) is 52.0 Å². The van der Waals surface area contributed by atoms with Crippen molar-refractivity contribution < 1.29 is 4.79 Å². The van der Waals surface area contributed by atoms with Crippen molar-refractivity contribution in [3.63, 3.8) is 0 Å². The second-order valence-corrected chi connectivity index (χ2v) is 4.21. The van der Waals surface area contributed by atoms with Crippen molar-refractivity contribution in [2.45, 2.75) is 39.2 Å². The van der Waals surface area contributed by atoms with E-state index in [1.165, 1.54) is 0 Å². The third-order valence-electron chi connectivity index (χ3n) is 2.67. The Labute approximate surface area is 88.0 Å². The van der Waals surface area contributed by atoms with Crippen LogP contribution in [0.4, 0.5) is 0 Å². The van der Waals surface area contributed by atoms with E-state index in [4.69, 9.17) is 0 Å². The zero-order chi connectivity index (χ0) is 11.0. The Balaban J connectivity index is 2.53. The lowest BCUT2D eigenvalue weighted by Crippen LogP contribution is -2.32. The molecule has 1 aromatic rings. The second kappa shape index (κ2) is 3.61. The van der Waals surface area contributed by atoms with Crippen LogP contribution in [-0.4, -0.2) is 15.3 Å². The smallest absolute Gasteiger partial charge is 0.253 e. The predicted octanol–water partition coefficient (Wildman–Crippen LogP) is 0.882. The van der Waals surface area contributed by atoms with E-state index in [1.807, 2.05) is 13.8 Å². The molecule has 0 bridgehead atoms. The van der Waals surface area contributed by atoms with E-state index in [9.17, 15) is 9.59 Å². The zero-order valence-electron chi connectivity index (χ0n) is 8.99. The van der Waals surface area contributed by atoms with Gasteiger partial charge in [0.25, 0.3) is 5.56 Å². The molecule has 80 valence electrons. The second-order valence-electron chi connectivity index (χ2n) is 4.21. The fourth-order valence-electron chi connectivity index (χ4n) is 1.74. The molecule has 2 rings (SSSR count). The van der Waals surface area contributed by atoms with Gasteiger partial charge in [-0.25, -0.2) is 4.98 Å². The van der Waals surface area contributed by atoms with Crippen molar-refractivity contribution in [3.05, 3.63) is 27.9 Å². The standard InChI is InChI=1S/C11H14N2O2/c1-7(2)9-6-11(15)13-4-3-8(14)5-10(13)12-9/h6-7H,3-5H2,1-2H3. The highest BCUT2D eigenvalue weighted by molar-refractivity contribution is 5.80. The molecule has 0 aromatic carbocycles. The summed E-state index contributed by atoms with van der Waals surface area (Å²) in [6, 6.07) is 1.57. The van der Waals surface area contributed by atoms with E-state index in [1.54, 1.807) is 10.6 Å². The van der Waals surface area contributed by atoms with Crippen LogP contribution in [-0.2, 0) is 17.8 Å². The summed E-state index contributed by atoms with van der Waals surface area (Å²) < 4.78 is 1.60. The van der Waals surface area contributed by atoms with Gasteiger partial charge in [0, 0.05) is 19.0 Å². The first kappa shape index (κ1) is 10.1. The van der Waals surface area contributed by atoms with Gasteiger partial charge in [0.15, 0.2) is 0 Å². The molecule has 0 fully saturated rings. The van der Waals surface area contributed by atoms with Gasteiger partial charge in [0.2, 0.25) is 0 Å². The number of Topliss-reactive ketones (excluding diaryl/α,β-unsaturated/α-hetero) is 1. The fourth-order valence-corrected chi connectivity index (χ4v) is 1.74. The first-order valence-corrected chi connectivity index (χ1v) is 5.20. The molecule has 1 aliphatic heterocycles. The molecule has 1 aliphatic rings. The van der Waals surface area contributed by atoms with Crippen LogP contribution in [0, 0.1) is 0 Å². The summed E-state index contributed by atoms with van der Waals surface area (Å²) in [5, 5.41) is 0. The van der Waals surface area contributed by atoms with Crippen LogP contribution >= 0.6 is 0 Å². The van der Waals surface area contributed by atoms with Gasteiger partial charge in [-0.05, 0) is 5.92 Å². The van der Waals surface area contributed by atoms with Crippen LogP contribution in [0.3, 0.4) is 0 Å². The third-order valence-corrected chi connectivity index (χ3v) is 2.67. The average Bonchev–Trinajstić information content (AvgIpc) is 2.16. The van der Waals surface area contributed by atoms with Gasteiger partial charge in [-0.1, -0.05) is 13.8 Å². The Morgan fingerprint density at radius 3 is 2.80 bits per heavy atom. The van der Waals surface area contributed by atoms with Gasteiger partial charge in [-0.15, -0.1) is 0 Å². The molecule has 0 radical (unpaired) electrons. The minimum atomic E-state index is -0.0313. The molecule has 0 N–H and O–H groups in total. The van der Waals surface area contributed by atoms with Crippen LogP contribution in [0.5, 0.6) is 0 Å². The van der Waals surface area contributed by atoms with Crippen LogP contribution < -0.4 is 5.56 Å². The number of hydrogen-bond donors (Lipinski definition) is 0. The van der Waals surface area contributed by atoms with Crippen molar-refractivity contribution in [3.8, 4) is 0 Å². The molecule has 0 unspecified atom stereocenters. The van der Waals surface area contributed by atoms with E-state index < -0.39 is 0 Å². The van der Waals surface area contributed by atoms with Crippen molar-refractivity contribution in [2.24, 2.45) is 0 Å². The zero-order valence-corrected chi connectivity index (χ0v) is 8.99. The maximum Gasteiger partial charge on any atom is 0.253 e. The number of rotatable bonds is 1. The summed E-state index contributed by atoms with van der Waals surface area (Å²) in [5.74, 6) is 1.02. The summed E-state index contributed by atoms with van der Waals surface area (Å²) in [7, 11) is 0. The first-order valence-electron chi connectivity index (χ1n) is 5.20. The van der Waals surface area contributed by atoms with Gasteiger partial charge in [-0.2, -0.15) is 0 Å². The van der Waals surface area contributed by atoms with E-state index in [0.29, 0.717) is 25.2 Å². The van der Waals surface area contributed by atoms with E-state index in [2.05, 4.69) is 4.98 Å². The number of fused-ring (bicyclic) bond motifs is 1. The SMILES string of the molecule is CC(C)c1cc(=O)n2c(n1)CC(=O)CC2. The molecule has 0 saturated heterocycles. The lowest BCUT2D eigenvalue weighted by Gasteiger charge is -2.17. The number of hydrogen-bond acceptors (Lipinski definition) is 3. The number of ketones is 1. The van der Waals surface area contributed by atoms with Crippen LogP contribution in [0.2, 0.25) is 0 Å². The quantitative estimate of drug-likeness (QED) is 0.685. The number of aromatic nitrogens is 2. The lowest BCUT2D eigenvalue weighted by molar-refractivity contribution is -0.119. The molecule has 1 aromatic heterocycles. The highest BCUT2D eigenvalue weighted by Gasteiger charge is 2.18. The number of carbonyl (C=O) groups is 1. The highest BCUT2D eigenvalue weighted by atomic mass is 16.1. The summed E-state index contributed by atoms with van der Waals surface area (Å²) in [4.78, 5) is 27.3. The Bertz CT molecular complexity index is 460. The van der Waals surface area contributed by atoms with E-state index in [0.717, 1.165) is 5.69 Å². The summed E-state index contributed by atoms with van der Waals surface area (Å²) in [5.41, 5.74) is 0.747. The highest BCUT2D eigenvalue weighted by Crippen LogP contribution is 2.13. The van der Waals surface area contributed by atoms with Crippen molar-refractivity contribution >= 4 is 5.78 Å². The summed E-state index contributed by atoms with van der Waals surface area (Å²) >= 11 is 0. The van der Waals surface area contributed by atoms with E-state index >= 15 is 0 Å². The molecule has 0 spiro atoms. The molecule has 0 atom stereocenters. The Kier molecular flexibility index (Phi) is 2.42. The molecular formula is C11H14N2O2. The van der Waals surface area contributed by atoms with Crippen molar-refractivity contribution in [1.29, 1.82) is 0 Å².